The van der Waals surface area contributed by atoms with E-state index in [2.05, 4.69) is 43.4 Å². The van der Waals surface area contributed by atoms with Gasteiger partial charge in [-0.15, -0.1) is 0 Å². The predicted octanol–water partition coefficient (Wildman–Crippen LogP) is 3.55. The summed E-state index contributed by atoms with van der Waals surface area (Å²) in [6.07, 6.45) is 5.95. The number of rotatable bonds is 6. The Morgan fingerprint density at radius 2 is 2.10 bits per heavy atom. The summed E-state index contributed by atoms with van der Waals surface area (Å²) in [5, 5.41) is 3.94. The normalized spacial score (nSPS) is 24.5. The third kappa shape index (κ3) is 4.42. The van der Waals surface area contributed by atoms with E-state index in [9.17, 15) is 4.21 Å². The summed E-state index contributed by atoms with van der Waals surface area (Å²) in [6, 6.07) is 8.88. The molecule has 112 valence electrons. The first-order chi connectivity index (χ1) is 9.70. The predicted molar refractivity (Wildman–Crippen MR) is 87.4 cm³/mol. The number of hydrogen-bond donors (Lipinski definition) is 1. The van der Waals surface area contributed by atoms with Gasteiger partial charge in [0.2, 0.25) is 0 Å². The van der Waals surface area contributed by atoms with Crippen LogP contribution in [0.25, 0.3) is 0 Å². The first-order valence-corrected chi connectivity index (χ1v) is 9.25. The molecule has 0 radical (unpaired) electrons. The van der Waals surface area contributed by atoms with E-state index < -0.39 is 10.8 Å². The molecule has 0 bridgehead atoms. The van der Waals surface area contributed by atoms with Gasteiger partial charge in [0, 0.05) is 22.6 Å². The third-order valence-electron chi connectivity index (χ3n) is 4.09. The van der Waals surface area contributed by atoms with Gasteiger partial charge in [0.15, 0.2) is 0 Å². The van der Waals surface area contributed by atoms with E-state index in [4.69, 9.17) is 0 Å². The van der Waals surface area contributed by atoms with Crippen molar-refractivity contribution >= 4 is 10.8 Å². The van der Waals surface area contributed by atoms with E-state index >= 15 is 0 Å². The zero-order chi connectivity index (χ0) is 14.4. The second-order valence-electron chi connectivity index (χ2n) is 5.90. The fourth-order valence-electron chi connectivity index (χ4n) is 3.05. The Balaban J connectivity index is 1.98. The maximum atomic E-state index is 12.7. The zero-order valence-corrected chi connectivity index (χ0v) is 13.5. The van der Waals surface area contributed by atoms with Gasteiger partial charge in [0.25, 0.3) is 0 Å². The Labute approximate surface area is 125 Å². The van der Waals surface area contributed by atoms with Crippen LogP contribution in [0.1, 0.15) is 50.2 Å². The van der Waals surface area contributed by atoms with Gasteiger partial charge in [0.05, 0.1) is 5.25 Å². The molecule has 2 nitrogen and oxygen atoms in total. The summed E-state index contributed by atoms with van der Waals surface area (Å²) < 4.78 is 12.7. The zero-order valence-electron chi connectivity index (χ0n) is 12.7. The molecule has 0 amide bonds. The highest BCUT2D eigenvalue weighted by Crippen LogP contribution is 2.24. The summed E-state index contributed by atoms with van der Waals surface area (Å²) in [7, 11) is -0.762. The summed E-state index contributed by atoms with van der Waals surface area (Å²) in [5.74, 6) is 0.705. The average Bonchev–Trinajstić information content (AvgIpc) is 2.45. The van der Waals surface area contributed by atoms with Crippen molar-refractivity contribution in [1.82, 2.24) is 5.32 Å². The Kier molecular flexibility index (Phi) is 6.24. The molecule has 1 aromatic rings. The molecule has 20 heavy (non-hydrogen) atoms. The lowest BCUT2D eigenvalue weighted by Gasteiger charge is -2.31. The Morgan fingerprint density at radius 3 is 2.85 bits per heavy atom. The minimum absolute atomic E-state index is 0.329. The molecular weight excluding hydrogens is 266 g/mol. The van der Waals surface area contributed by atoms with Crippen LogP contribution in [-0.4, -0.2) is 22.0 Å². The standard InChI is InChI=1S/C17H27NOS/c1-3-11-18-16-9-4-5-10-17(16)20(19)13-15-8-6-7-14(2)12-15/h6-8,12,16-18H,3-5,9-11,13H2,1-2H3. The molecule has 2 rings (SSSR count). The first-order valence-electron chi connectivity index (χ1n) is 7.87. The van der Waals surface area contributed by atoms with Gasteiger partial charge >= 0.3 is 0 Å². The van der Waals surface area contributed by atoms with E-state index in [-0.39, 0.29) is 0 Å². The van der Waals surface area contributed by atoms with Crippen molar-refractivity contribution in [2.75, 3.05) is 6.54 Å². The van der Waals surface area contributed by atoms with Crippen molar-refractivity contribution in [3.05, 3.63) is 35.4 Å². The Bertz CT molecular complexity index is 446. The fourth-order valence-corrected chi connectivity index (χ4v) is 4.80. The molecule has 0 heterocycles. The molecule has 1 aliphatic rings. The van der Waals surface area contributed by atoms with Crippen LogP contribution >= 0.6 is 0 Å². The van der Waals surface area contributed by atoms with Crippen molar-refractivity contribution in [2.24, 2.45) is 0 Å². The van der Waals surface area contributed by atoms with Crippen molar-refractivity contribution in [3.63, 3.8) is 0 Å². The number of nitrogens with one attached hydrogen (secondary N) is 1. The maximum absolute atomic E-state index is 12.7. The molecular formula is C17H27NOS. The molecule has 1 aliphatic carbocycles. The van der Waals surface area contributed by atoms with E-state index in [1.54, 1.807) is 0 Å². The van der Waals surface area contributed by atoms with Gasteiger partial charge in [-0.2, -0.15) is 0 Å². The van der Waals surface area contributed by atoms with Gasteiger partial charge in [0.1, 0.15) is 0 Å². The summed E-state index contributed by atoms with van der Waals surface area (Å²) in [4.78, 5) is 0. The lowest BCUT2D eigenvalue weighted by atomic mass is 9.95. The largest absolute Gasteiger partial charge is 0.313 e. The van der Waals surface area contributed by atoms with Crippen LogP contribution in [0.15, 0.2) is 24.3 Å². The van der Waals surface area contributed by atoms with E-state index in [0.29, 0.717) is 17.0 Å². The van der Waals surface area contributed by atoms with Crippen LogP contribution < -0.4 is 5.32 Å². The molecule has 1 fully saturated rings. The lowest BCUT2D eigenvalue weighted by molar-refractivity contribution is 0.379. The highest BCUT2D eigenvalue weighted by Gasteiger charge is 2.29. The average molecular weight is 293 g/mol. The maximum Gasteiger partial charge on any atom is 0.0504 e. The number of benzene rings is 1. The third-order valence-corrected chi connectivity index (χ3v) is 5.95. The van der Waals surface area contributed by atoms with Gasteiger partial charge in [-0.25, -0.2) is 0 Å². The second kappa shape index (κ2) is 7.94. The van der Waals surface area contributed by atoms with Gasteiger partial charge in [-0.05, 0) is 38.3 Å². The molecule has 3 unspecified atom stereocenters. The SMILES string of the molecule is CCCNC1CCCCC1S(=O)Cc1cccc(C)c1. The summed E-state index contributed by atoms with van der Waals surface area (Å²) in [5.41, 5.74) is 2.46. The van der Waals surface area contributed by atoms with Crippen LogP contribution in [0.4, 0.5) is 0 Å². The topological polar surface area (TPSA) is 29.1 Å². The number of aryl methyl sites for hydroxylation is 1. The van der Waals surface area contributed by atoms with Crippen LogP contribution in [0.2, 0.25) is 0 Å². The molecule has 0 aliphatic heterocycles. The molecule has 0 aromatic heterocycles. The van der Waals surface area contributed by atoms with E-state index in [1.165, 1.54) is 30.4 Å². The van der Waals surface area contributed by atoms with Gasteiger partial charge in [-0.1, -0.05) is 49.6 Å². The van der Waals surface area contributed by atoms with E-state index in [1.807, 2.05) is 0 Å². The minimum Gasteiger partial charge on any atom is -0.313 e. The molecule has 1 N–H and O–H groups in total. The monoisotopic (exact) mass is 293 g/mol. The molecule has 0 spiro atoms. The second-order valence-corrected chi connectivity index (χ2v) is 7.55. The van der Waals surface area contributed by atoms with Gasteiger partial charge < -0.3 is 5.32 Å². The summed E-state index contributed by atoms with van der Waals surface area (Å²) in [6.45, 7) is 5.33. The van der Waals surface area contributed by atoms with Crippen LogP contribution in [-0.2, 0) is 16.6 Å². The molecule has 1 saturated carbocycles. The van der Waals surface area contributed by atoms with Crippen molar-refractivity contribution in [3.8, 4) is 0 Å². The minimum atomic E-state index is -0.762. The quantitative estimate of drug-likeness (QED) is 0.869. The van der Waals surface area contributed by atoms with Crippen LogP contribution in [0.5, 0.6) is 0 Å². The van der Waals surface area contributed by atoms with Crippen molar-refractivity contribution in [2.45, 2.75) is 63.0 Å². The Morgan fingerprint density at radius 1 is 1.30 bits per heavy atom. The molecule has 3 atom stereocenters. The van der Waals surface area contributed by atoms with Gasteiger partial charge in [-0.3, -0.25) is 4.21 Å². The fraction of sp³-hybridized carbons (Fsp3) is 0.647. The summed E-state index contributed by atoms with van der Waals surface area (Å²) >= 11 is 0. The molecule has 3 heteroatoms. The van der Waals surface area contributed by atoms with Crippen molar-refractivity contribution in [1.29, 1.82) is 0 Å². The highest BCUT2D eigenvalue weighted by atomic mass is 32.2. The molecule has 0 saturated heterocycles. The van der Waals surface area contributed by atoms with Crippen LogP contribution in [0.3, 0.4) is 0 Å². The highest BCUT2D eigenvalue weighted by molar-refractivity contribution is 7.84. The van der Waals surface area contributed by atoms with E-state index in [0.717, 1.165) is 19.4 Å². The molecule has 1 aromatic carbocycles. The first kappa shape index (κ1) is 15.7. The van der Waals surface area contributed by atoms with Crippen LogP contribution in [0, 0.1) is 6.92 Å². The Hall–Kier alpha value is -0.670. The smallest absolute Gasteiger partial charge is 0.0504 e. The lowest BCUT2D eigenvalue weighted by Crippen LogP contribution is -2.44. The number of hydrogen-bond acceptors (Lipinski definition) is 2. The van der Waals surface area contributed by atoms with Crippen molar-refractivity contribution < 1.29 is 4.21 Å².